The van der Waals surface area contributed by atoms with Gasteiger partial charge in [-0.1, -0.05) is 42.5 Å². The molecule has 1 amide bonds. The molecule has 0 fully saturated rings. The van der Waals surface area contributed by atoms with Crippen molar-refractivity contribution in [3.63, 3.8) is 0 Å². The molecule has 0 atom stereocenters. The highest BCUT2D eigenvalue weighted by atomic mass is 19.1. The smallest absolute Gasteiger partial charge is 0.255 e. The van der Waals surface area contributed by atoms with Gasteiger partial charge in [-0.25, -0.2) is 13.8 Å². The number of hydrogen-bond acceptors (Lipinski definition) is 5. The van der Waals surface area contributed by atoms with Crippen LogP contribution in [0, 0.1) is 11.6 Å². The largest absolute Gasteiger partial charge is 0.337 e. The molecule has 0 radical (unpaired) electrons. The van der Waals surface area contributed by atoms with Crippen molar-refractivity contribution < 1.29 is 13.6 Å². The Morgan fingerprint density at radius 2 is 1.66 bits per heavy atom. The third-order valence-corrected chi connectivity index (χ3v) is 6.72. The van der Waals surface area contributed by atoms with Gasteiger partial charge in [-0.05, 0) is 42.0 Å². The first-order valence-corrected chi connectivity index (χ1v) is 12.6. The lowest BCUT2D eigenvalue weighted by Crippen LogP contribution is -2.11. The third-order valence-electron chi connectivity index (χ3n) is 6.72. The maximum Gasteiger partial charge on any atom is 0.255 e. The summed E-state index contributed by atoms with van der Waals surface area (Å²) in [7, 11) is 0. The highest BCUT2D eigenvalue weighted by Gasteiger charge is 2.21. The fourth-order valence-electron chi connectivity index (χ4n) is 4.81. The normalized spacial score (nSPS) is 11.3. The summed E-state index contributed by atoms with van der Waals surface area (Å²) in [5, 5.41) is 10.1. The zero-order chi connectivity index (χ0) is 27.9. The van der Waals surface area contributed by atoms with Crippen LogP contribution in [-0.2, 0) is 0 Å². The molecule has 0 aliphatic carbocycles. The van der Waals surface area contributed by atoms with Crippen molar-refractivity contribution in [3.8, 4) is 33.9 Å². The van der Waals surface area contributed by atoms with E-state index in [0.29, 0.717) is 44.8 Å². The van der Waals surface area contributed by atoms with Gasteiger partial charge in [0.2, 0.25) is 0 Å². The van der Waals surface area contributed by atoms with Crippen LogP contribution in [0.5, 0.6) is 0 Å². The Balaban J connectivity index is 1.29. The second-order valence-electron chi connectivity index (χ2n) is 9.36. The fraction of sp³-hybridized carbons (Fsp3) is 0. The zero-order valence-corrected chi connectivity index (χ0v) is 21.2. The number of rotatable bonds is 5. The molecular formula is C31H19F2N7O. The molecule has 0 aliphatic rings. The molecule has 198 valence electrons. The van der Waals surface area contributed by atoms with E-state index in [1.807, 2.05) is 24.3 Å². The first-order chi connectivity index (χ1) is 20.0. The van der Waals surface area contributed by atoms with E-state index in [0.717, 1.165) is 5.56 Å². The Morgan fingerprint density at radius 1 is 0.805 bits per heavy atom. The van der Waals surface area contributed by atoms with Crippen molar-refractivity contribution >= 4 is 33.5 Å². The molecule has 4 heterocycles. The van der Waals surface area contributed by atoms with Crippen LogP contribution in [0.15, 0.2) is 97.5 Å². The summed E-state index contributed by atoms with van der Waals surface area (Å²) in [6.45, 7) is 0. The molecule has 0 saturated heterocycles. The average molecular weight is 544 g/mol. The zero-order valence-electron chi connectivity index (χ0n) is 21.2. The molecule has 4 aromatic heterocycles. The molecular weight excluding hydrogens is 524 g/mol. The van der Waals surface area contributed by atoms with Crippen molar-refractivity contribution in [3.05, 3.63) is 115 Å². The monoisotopic (exact) mass is 543 g/mol. The Bertz CT molecular complexity index is 2090. The standard InChI is InChI=1S/C31H19F2N7O/c32-20-9-4-8-18(12-20)22-10-5-11-23-28(22)38-30(37-23)29-25-24(39-40-29)16-35-27(26(25)33)19-13-21(15-34-14-19)36-31(41)17-6-2-1-3-7-17/h1-16H,(H,36,41)(H,37,38)(H,39,40). The van der Waals surface area contributed by atoms with Gasteiger partial charge in [0.05, 0.1) is 40.0 Å². The second-order valence-corrected chi connectivity index (χ2v) is 9.36. The van der Waals surface area contributed by atoms with Gasteiger partial charge in [0, 0.05) is 22.9 Å². The number of nitrogens with one attached hydrogen (secondary N) is 3. The van der Waals surface area contributed by atoms with E-state index in [4.69, 9.17) is 4.98 Å². The van der Waals surface area contributed by atoms with Crippen LogP contribution < -0.4 is 5.32 Å². The molecule has 3 aromatic carbocycles. The number of aromatic nitrogens is 6. The highest BCUT2D eigenvalue weighted by Crippen LogP contribution is 2.35. The van der Waals surface area contributed by atoms with Crippen LogP contribution in [0.3, 0.4) is 0 Å². The topological polar surface area (TPSA) is 112 Å². The molecule has 0 unspecified atom stereocenters. The predicted octanol–water partition coefficient (Wildman–Crippen LogP) is 6.76. The van der Waals surface area contributed by atoms with Gasteiger partial charge in [-0.3, -0.25) is 19.9 Å². The fourth-order valence-corrected chi connectivity index (χ4v) is 4.81. The van der Waals surface area contributed by atoms with E-state index >= 15 is 4.39 Å². The second kappa shape index (κ2) is 9.76. The SMILES string of the molecule is O=C(Nc1cncc(-c2ncc3[nH]nc(-c4nc5c(-c6cccc(F)c6)cccc5[nH]4)c3c2F)c1)c1ccccc1. The Hall–Kier alpha value is -5.77. The summed E-state index contributed by atoms with van der Waals surface area (Å²) in [6.07, 6.45) is 4.44. The summed E-state index contributed by atoms with van der Waals surface area (Å²) in [6, 6.07) is 22.2. The van der Waals surface area contributed by atoms with Crippen molar-refractivity contribution in [1.29, 1.82) is 0 Å². The number of nitrogens with zero attached hydrogens (tertiary/aromatic N) is 4. The first-order valence-electron chi connectivity index (χ1n) is 12.6. The summed E-state index contributed by atoms with van der Waals surface area (Å²) in [5.74, 6) is -0.944. The van der Waals surface area contributed by atoms with E-state index in [2.05, 4.69) is 30.5 Å². The Kier molecular flexibility index (Phi) is 5.78. The molecule has 0 spiro atoms. The quantitative estimate of drug-likeness (QED) is 0.222. The van der Waals surface area contributed by atoms with Crippen molar-refractivity contribution in [2.24, 2.45) is 0 Å². The van der Waals surface area contributed by atoms with Crippen LogP contribution in [-0.4, -0.2) is 36.0 Å². The predicted molar refractivity (Wildman–Crippen MR) is 152 cm³/mol. The maximum absolute atomic E-state index is 16.1. The van der Waals surface area contributed by atoms with Crippen LogP contribution in [0.4, 0.5) is 14.5 Å². The number of benzene rings is 3. The maximum atomic E-state index is 16.1. The van der Waals surface area contributed by atoms with Crippen LogP contribution in [0.1, 0.15) is 10.4 Å². The summed E-state index contributed by atoms with van der Waals surface area (Å²) < 4.78 is 30.0. The molecule has 3 N–H and O–H groups in total. The molecule has 7 rings (SSSR count). The lowest BCUT2D eigenvalue weighted by atomic mass is 10.0. The molecule has 41 heavy (non-hydrogen) atoms. The van der Waals surface area contributed by atoms with Gasteiger partial charge >= 0.3 is 0 Å². The van der Waals surface area contributed by atoms with E-state index in [-0.39, 0.29) is 28.5 Å². The summed E-state index contributed by atoms with van der Waals surface area (Å²) in [4.78, 5) is 29.0. The van der Waals surface area contributed by atoms with Gasteiger partial charge in [0.15, 0.2) is 11.6 Å². The number of H-pyrrole nitrogens is 2. The summed E-state index contributed by atoms with van der Waals surface area (Å²) >= 11 is 0. The lowest BCUT2D eigenvalue weighted by Gasteiger charge is -2.08. The minimum Gasteiger partial charge on any atom is -0.337 e. The van der Waals surface area contributed by atoms with Crippen molar-refractivity contribution in [2.45, 2.75) is 0 Å². The van der Waals surface area contributed by atoms with Gasteiger partial charge in [0.25, 0.3) is 5.91 Å². The summed E-state index contributed by atoms with van der Waals surface area (Å²) in [5.41, 5.74) is 4.64. The molecule has 10 heteroatoms. The minimum atomic E-state index is -0.620. The number of imidazole rings is 1. The number of hydrogen-bond donors (Lipinski definition) is 3. The van der Waals surface area contributed by atoms with E-state index in [1.165, 1.54) is 30.7 Å². The van der Waals surface area contributed by atoms with E-state index in [1.54, 1.807) is 42.5 Å². The van der Waals surface area contributed by atoms with Gasteiger partial charge < -0.3 is 10.3 Å². The van der Waals surface area contributed by atoms with E-state index < -0.39 is 5.82 Å². The number of carbonyl (C=O) groups is 1. The molecule has 0 aliphatic heterocycles. The Labute approximate surface area is 231 Å². The number of amides is 1. The Morgan fingerprint density at radius 3 is 2.51 bits per heavy atom. The van der Waals surface area contributed by atoms with Gasteiger partial charge in [-0.15, -0.1) is 0 Å². The van der Waals surface area contributed by atoms with Crippen LogP contribution in [0.25, 0.3) is 55.8 Å². The van der Waals surface area contributed by atoms with E-state index in [9.17, 15) is 9.18 Å². The number of aromatic amines is 2. The lowest BCUT2D eigenvalue weighted by molar-refractivity contribution is 0.102. The third kappa shape index (κ3) is 4.37. The molecule has 7 aromatic rings. The number of pyridine rings is 2. The number of halogens is 2. The van der Waals surface area contributed by atoms with Crippen molar-refractivity contribution in [2.75, 3.05) is 5.32 Å². The number of carbonyl (C=O) groups excluding carboxylic acids is 1. The van der Waals surface area contributed by atoms with Crippen LogP contribution in [0.2, 0.25) is 0 Å². The van der Waals surface area contributed by atoms with Gasteiger partial charge in [-0.2, -0.15) is 5.10 Å². The van der Waals surface area contributed by atoms with Gasteiger partial charge in [0.1, 0.15) is 17.2 Å². The molecule has 0 bridgehead atoms. The highest BCUT2D eigenvalue weighted by molar-refractivity contribution is 6.04. The molecule has 8 nitrogen and oxygen atoms in total. The number of para-hydroxylation sites is 1. The number of fused-ring (bicyclic) bond motifs is 2. The molecule has 0 saturated carbocycles. The average Bonchev–Trinajstić information content (AvgIpc) is 3.63. The number of anilines is 1. The first kappa shape index (κ1) is 24.3. The van der Waals surface area contributed by atoms with Crippen LogP contribution >= 0.6 is 0 Å². The van der Waals surface area contributed by atoms with Crippen molar-refractivity contribution in [1.82, 2.24) is 30.1 Å². The minimum absolute atomic E-state index is 0.0417.